The summed E-state index contributed by atoms with van der Waals surface area (Å²) in [5.41, 5.74) is 4.55. The molecule has 0 unspecified atom stereocenters. The highest BCUT2D eigenvalue weighted by Gasteiger charge is 2.06. The quantitative estimate of drug-likeness (QED) is 0.444. The van der Waals surface area contributed by atoms with Crippen LogP contribution in [0.3, 0.4) is 0 Å². The number of aliphatic carboxylic acids is 1. The normalized spacial score (nSPS) is 8.92. The predicted molar refractivity (Wildman–Crippen MR) is 38.5 cm³/mol. The molecule has 0 bridgehead atoms. The van der Waals surface area contributed by atoms with Crippen molar-refractivity contribution in [3.63, 3.8) is 0 Å². The van der Waals surface area contributed by atoms with E-state index in [0.29, 0.717) is 0 Å². The third-order valence-corrected chi connectivity index (χ3v) is 0.964. The molecule has 0 radical (unpaired) electrons. The Kier molecular flexibility index (Phi) is 5.01. The van der Waals surface area contributed by atoms with Crippen molar-refractivity contribution in [1.29, 1.82) is 0 Å². The minimum atomic E-state index is -1.10. The van der Waals surface area contributed by atoms with Gasteiger partial charge in [0.05, 0.1) is 12.8 Å². The summed E-state index contributed by atoms with van der Waals surface area (Å²) in [5.74, 6) is -1.86. The second-order valence-electron chi connectivity index (χ2n) is 1.99. The van der Waals surface area contributed by atoms with E-state index in [9.17, 15) is 14.4 Å². The van der Waals surface area contributed by atoms with E-state index in [1.807, 2.05) is 0 Å². The summed E-state index contributed by atoms with van der Waals surface area (Å²) >= 11 is 0. The maximum absolute atomic E-state index is 10.6. The number of hydrogen-bond donors (Lipinski definition) is 2. The van der Waals surface area contributed by atoms with Gasteiger partial charge in [-0.1, -0.05) is 0 Å². The van der Waals surface area contributed by atoms with Crippen molar-refractivity contribution < 1.29 is 29.0 Å². The Morgan fingerprint density at radius 1 is 1.15 bits per heavy atom. The fraction of sp³-hybridized carbons (Fsp3) is 0.500. The van der Waals surface area contributed by atoms with Crippen molar-refractivity contribution in [2.75, 3.05) is 6.79 Å². The first-order valence-electron chi connectivity index (χ1n) is 3.32. The van der Waals surface area contributed by atoms with E-state index in [2.05, 4.69) is 15.2 Å². The third-order valence-electron chi connectivity index (χ3n) is 0.964. The topological polar surface area (TPSA) is 116 Å². The Morgan fingerprint density at radius 3 is 2.23 bits per heavy atom. The monoisotopic (exact) mass is 191 g/mol. The Hall–Kier alpha value is -1.79. The van der Waals surface area contributed by atoms with E-state index in [4.69, 9.17) is 5.11 Å². The molecule has 13 heavy (non-hydrogen) atoms. The van der Waals surface area contributed by atoms with Crippen molar-refractivity contribution in [3.8, 4) is 0 Å². The zero-order chi connectivity index (χ0) is 10.3. The summed E-state index contributed by atoms with van der Waals surface area (Å²) in [7, 11) is 0. The molecular formula is C6H9NO6. The van der Waals surface area contributed by atoms with Crippen molar-refractivity contribution >= 4 is 18.0 Å². The van der Waals surface area contributed by atoms with Gasteiger partial charge in [0.25, 0.3) is 0 Å². The van der Waals surface area contributed by atoms with E-state index in [1.165, 1.54) is 0 Å². The van der Waals surface area contributed by atoms with Crippen LogP contribution in [0, 0.1) is 0 Å². The smallest absolute Gasteiger partial charge is 0.407 e. The predicted octanol–water partition coefficient (Wildman–Crippen LogP) is -0.553. The van der Waals surface area contributed by atoms with Crippen molar-refractivity contribution in [2.24, 2.45) is 5.73 Å². The maximum Gasteiger partial charge on any atom is 0.407 e. The second-order valence-corrected chi connectivity index (χ2v) is 1.99. The number of primary amides is 1. The van der Waals surface area contributed by atoms with Gasteiger partial charge >= 0.3 is 18.0 Å². The van der Waals surface area contributed by atoms with Crippen LogP contribution in [-0.2, 0) is 19.1 Å². The number of carboxylic acid groups (broad SMARTS) is 1. The van der Waals surface area contributed by atoms with Gasteiger partial charge < -0.3 is 20.3 Å². The first-order chi connectivity index (χ1) is 6.02. The highest BCUT2D eigenvalue weighted by Crippen LogP contribution is 1.92. The zero-order valence-corrected chi connectivity index (χ0v) is 6.69. The Balaban J connectivity index is 3.41. The Labute approximate surface area is 73.4 Å². The number of carbonyl (C=O) groups is 3. The number of rotatable bonds is 5. The molecule has 0 aliphatic rings. The number of esters is 1. The summed E-state index contributed by atoms with van der Waals surface area (Å²) in [6, 6.07) is 0. The zero-order valence-electron chi connectivity index (χ0n) is 6.69. The minimum Gasteiger partial charge on any atom is -0.481 e. The van der Waals surface area contributed by atoms with Gasteiger partial charge in [-0.15, -0.1) is 0 Å². The van der Waals surface area contributed by atoms with Crippen molar-refractivity contribution in [2.45, 2.75) is 12.8 Å². The van der Waals surface area contributed by atoms with E-state index >= 15 is 0 Å². The van der Waals surface area contributed by atoms with Crippen LogP contribution in [0.4, 0.5) is 4.79 Å². The van der Waals surface area contributed by atoms with Gasteiger partial charge in [-0.05, 0) is 0 Å². The van der Waals surface area contributed by atoms with Crippen LogP contribution in [0.15, 0.2) is 0 Å². The first-order valence-corrected chi connectivity index (χ1v) is 3.32. The summed E-state index contributed by atoms with van der Waals surface area (Å²) in [5, 5.41) is 8.16. The minimum absolute atomic E-state index is 0.266. The average Bonchev–Trinajstić information content (AvgIpc) is 2.00. The number of amides is 1. The lowest BCUT2D eigenvalue weighted by Gasteiger charge is -2.02. The van der Waals surface area contributed by atoms with Gasteiger partial charge in [0.2, 0.25) is 6.79 Å². The van der Waals surface area contributed by atoms with Crippen molar-refractivity contribution in [1.82, 2.24) is 0 Å². The molecule has 1 amide bonds. The molecule has 0 heterocycles. The SMILES string of the molecule is NC(=O)OCOC(=O)CCC(=O)O. The molecule has 7 heteroatoms. The molecule has 0 fully saturated rings. The Morgan fingerprint density at radius 2 is 1.77 bits per heavy atom. The number of nitrogens with two attached hydrogens (primary N) is 1. The highest BCUT2D eigenvalue weighted by molar-refractivity contribution is 5.76. The van der Waals surface area contributed by atoms with E-state index < -0.39 is 24.8 Å². The van der Waals surface area contributed by atoms with Gasteiger partial charge in [0.15, 0.2) is 0 Å². The lowest BCUT2D eigenvalue weighted by Crippen LogP contribution is -2.17. The van der Waals surface area contributed by atoms with Crippen LogP contribution < -0.4 is 5.73 Å². The summed E-state index contributed by atoms with van der Waals surface area (Å²) in [6.07, 6.45) is -1.65. The molecule has 0 saturated carbocycles. The van der Waals surface area contributed by atoms with Gasteiger partial charge in [0.1, 0.15) is 0 Å². The van der Waals surface area contributed by atoms with Crippen LogP contribution in [0.5, 0.6) is 0 Å². The van der Waals surface area contributed by atoms with Crippen molar-refractivity contribution in [3.05, 3.63) is 0 Å². The number of carbonyl (C=O) groups excluding carboxylic acids is 2. The largest absolute Gasteiger partial charge is 0.481 e. The number of carboxylic acids is 1. The van der Waals surface area contributed by atoms with Crippen LogP contribution in [0.25, 0.3) is 0 Å². The molecule has 3 N–H and O–H groups in total. The first kappa shape index (κ1) is 11.2. The number of hydrogen-bond acceptors (Lipinski definition) is 5. The molecule has 0 saturated heterocycles. The van der Waals surface area contributed by atoms with Crippen LogP contribution in [0.2, 0.25) is 0 Å². The van der Waals surface area contributed by atoms with Gasteiger partial charge in [0, 0.05) is 0 Å². The highest BCUT2D eigenvalue weighted by atomic mass is 16.7. The molecule has 0 spiro atoms. The van der Waals surface area contributed by atoms with Crippen LogP contribution >= 0.6 is 0 Å². The maximum atomic E-state index is 10.6. The molecule has 7 nitrogen and oxygen atoms in total. The fourth-order valence-corrected chi connectivity index (χ4v) is 0.434. The van der Waals surface area contributed by atoms with Crippen LogP contribution in [-0.4, -0.2) is 29.9 Å². The molecule has 0 aliphatic heterocycles. The molecule has 0 aromatic carbocycles. The lowest BCUT2D eigenvalue weighted by atomic mass is 10.3. The summed E-state index contributed by atoms with van der Waals surface area (Å²) in [6.45, 7) is -0.589. The van der Waals surface area contributed by atoms with Gasteiger partial charge in [-0.25, -0.2) is 4.79 Å². The summed E-state index contributed by atoms with van der Waals surface area (Å²) < 4.78 is 8.35. The molecular weight excluding hydrogens is 182 g/mol. The molecule has 0 aliphatic carbocycles. The van der Waals surface area contributed by atoms with Gasteiger partial charge in [-0.3, -0.25) is 9.59 Å². The third kappa shape index (κ3) is 8.11. The average molecular weight is 191 g/mol. The summed E-state index contributed by atoms with van der Waals surface area (Å²) in [4.78, 5) is 30.5. The van der Waals surface area contributed by atoms with E-state index in [1.54, 1.807) is 0 Å². The molecule has 0 atom stereocenters. The van der Waals surface area contributed by atoms with Crippen LogP contribution in [0.1, 0.15) is 12.8 Å². The molecule has 0 aromatic heterocycles. The van der Waals surface area contributed by atoms with E-state index in [0.717, 1.165) is 0 Å². The van der Waals surface area contributed by atoms with Gasteiger partial charge in [-0.2, -0.15) is 0 Å². The fourth-order valence-electron chi connectivity index (χ4n) is 0.434. The van der Waals surface area contributed by atoms with E-state index in [-0.39, 0.29) is 12.8 Å². The molecule has 0 aromatic rings. The Bertz CT molecular complexity index is 213. The lowest BCUT2D eigenvalue weighted by molar-refractivity contribution is -0.154. The molecule has 74 valence electrons. The standard InChI is InChI=1S/C6H9NO6/c7-6(11)13-3-12-5(10)2-1-4(8)9/h1-3H2,(H2,7,11)(H,8,9). The molecule has 0 rings (SSSR count). The second kappa shape index (κ2) is 5.81. The number of ether oxygens (including phenoxy) is 2.